The van der Waals surface area contributed by atoms with Crippen LogP contribution in [-0.4, -0.2) is 51.3 Å². The van der Waals surface area contributed by atoms with E-state index in [9.17, 15) is 9.18 Å². The number of aromatic nitrogens is 9. The molecule has 7 rings (SSSR count). The van der Waals surface area contributed by atoms with Gasteiger partial charge >= 0.3 is 0 Å². The number of halogens is 1. The van der Waals surface area contributed by atoms with Crippen LogP contribution >= 0.6 is 0 Å². The summed E-state index contributed by atoms with van der Waals surface area (Å²) in [4.78, 5) is 27.3. The fourth-order valence-corrected chi connectivity index (χ4v) is 5.37. The largest absolute Gasteiger partial charge is 0.383 e. The fraction of sp³-hybridized carbons (Fsp3) is 0.172. The number of nitrogens with zero attached hydrogens (tertiary/aromatic N) is 8. The van der Waals surface area contributed by atoms with Gasteiger partial charge in [-0.15, -0.1) is 10.2 Å². The number of hydrogen-bond donors (Lipinski definition) is 3. The second-order valence-electron chi connectivity index (χ2n) is 10.2. The molecule has 12 nitrogen and oxygen atoms in total. The number of nitrogens with two attached hydrogens (primary N) is 1. The standard InChI is InChI=1S/C29H24FN11O/c1-29(21-12-10-16(14-32-21)11-13-22-36-39-40-37-22)23-25(31)33-27(34-26(23)35-28(29)42)24-18-7-3-5-9-20(18)41(38-24)15-17-6-2-4-8-19(17)30/h2-10,12,14H,11,13,15H2,1H3,(H,36,37,39,40)(H3,31,33,34,35,42). The number of carbonyl (C=O) groups is 1. The maximum atomic E-state index is 14.4. The van der Waals surface area contributed by atoms with E-state index in [0.29, 0.717) is 47.0 Å². The summed E-state index contributed by atoms with van der Waals surface area (Å²) >= 11 is 0. The Kier molecular flexibility index (Phi) is 5.92. The molecule has 1 amide bonds. The molecule has 1 unspecified atom stereocenters. The molecule has 0 saturated heterocycles. The second-order valence-corrected chi connectivity index (χ2v) is 10.2. The van der Waals surface area contributed by atoms with Gasteiger partial charge in [0.25, 0.3) is 0 Å². The minimum atomic E-state index is -1.20. The van der Waals surface area contributed by atoms with Crippen molar-refractivity contribution in [1.29, 1.82) is 0 Å². The van der Waals surface area contributed by atoms with Gasteiger partial charge in [0.1, 0.15) is 28.6 Å². The van der Waals surface area contributed by atoms with Gasteiger partial charge in [0.2, 0.25) is 5.91 Å². The fourth-order valence-electron chi connectivity index (χ4n) is 5.37. The number of para-hydroxylation sites is 1. The highest BCUT2D eigenvalue weighted by Gasteiger charge is 2.48. The van der Waals surface area contributed by atoms with Gasteiger partial charge in [-0.2, -0.15) is 10.3 Å². The Labute approximate surface area is 238 Å². The van der Waals surface area contributed by atoms with E-state index in [-0.39, 0.29) is 29.9 Å². The zero-order chi connectivity index (χ0) is 28.8. The highest BCUT2D eigenvalue weighted by Crippen LogP contribution is 2.44. The average molecular weight is 562 g/mol. The number of pyridine rings is 1. The van der Waals surface area contributed by atoms with Crippen LogP contribution in [0.1, 0.15) is 35.1 Å². The number of benzene rings is 2. The SMILES string of the molecule is CC1(c2ccc(CCc3nn[nH]n3)cn2)C(=O)Nc2nc(-c3nn(Cc4ccccc4F)c4ccccc34)nc(N)c21. The first-order valence-corrected chi connectivity index (χ1v) is 13.3. The summed E-state index contributed by atoms with van der Waals surface area (Å²) in [5.74, 6) is 0.696. The van der Waals surface area contributed by atoms with E-state index >= 15 is 0 Å². The molecular formula is C29H24FN11O. The predicted octanol–water partition coefficient (Wildman–Crippen LogP) is 3.21. The molecule has 4 N–H and O–H groups in total. The molecule has 42 heavy (non-hydrogen) atoms. The van der Waals surface area contributed by atoms with Crippen LogP contribution in [0.15, 0.2) is 66.9 Å². The van der Waals surface area contributed by atoms with Crippen LogP contribution in [-0.2, 0) is 29.6 Å². The molecule has 1 aliphatic rings. The predicted molar refractivity (Wildman–Crippen MR) is 152 cm³/mol. The van der Waals surface area contributed by atoms with Crippen LogP contribution in [0, 0.1) is 5.82 Å². The maximum absolute atomic E-state index is 14.4. The van der Waals surface area contributed by atoms with Crippen molar-refractivity contribution in [2.24, 2.45) is 0 Å². The second kappa shape index (κ2) is 9.80. The highest BCUT2D eigenvalue weighted by molar-refractivity contribution is 6.09. The van der Waals surface area contributed by atoms with Gasteiger partial charge < -0.3 is 11.1 Å². The summed E-state index contributed by atoms with van der Waals surface area (Å²) in [7, 11) is 0. The van der Waals surface area contributed by atoms with E-state index in [1.807, 2.05) is 36.4 Å². The van der Waals surface area contributed by atoms with E-state index in [0.717, 1.165) is 16.5 Å². The minimum Gasteiger partial charge on any atom is -0.383 e. The van der Waals surface area contributed by atoms with E-state index in [1.54, 1.807) is 36.0 Å². The van der Waals surface area contributed by atoms with Crippen molar-refractivity contribution in [1.82, 2.24) is 45.4 Å². The van der Waals surface area contributed by atoms with Crippen molar-refractivity contribution in [2.75, 3.05) is 11.1 Å². The number of anilines is 2. The van der Waals surface area contributed by atoms with Crippen molar-refractivity contribution >= 4 is 28.4 Å². The molecule has 2 aromatic carbocycles. The molecule has 6 aromatic rings. The lowest BCUT2D eigenvalue weighted by atomic mass is 9.80. The van der Waals surface area contributed by atoms with Crippen LogP contribution in [0.5, 0.6) is 0 Å². The van der Waals surface area contributed by atoms with Gasteiger partial charge in [-0.05, 0) is 37.1 Å². The third-order valence-electron chi connectivity index (χ3n) is 7.63. The maximum Gasteiger partial charge on any atom is 0.242 e. The van der Waals surface area contributed by atoms with Gasteiger partial charge in [-0.25, -0.2) is 14.4 Å². The quantitative estimate of drug-likeness (QED) is 0.265. The Hall–Kier alpha value is -5.59. The summed E-state index contributed by atoms with van der Waals surface area (Å²) in [6.07, 6.45) is 3.00. The summed E-state index contributed by atoms with van der Waals surface area (Å²) in [6.45, 7) is 1.98. The van der Waals surface area contributed by atoms with Crippen molar-refractivity contribution < 1.29 is 9.18 Å². The Morgan fingerprint density at radius 2 is 1.86 bits per heavy atom. The van der Waals surface area contributed by atoms with Crippen molar-refractivity contribution in [2.45, 2.75) is 31.7 Å². The van der Waals surface area contributed by atoms with Crippen LogP contribution < -0.4 is 11.1 Å². The third kappa shape index (κ3) is 4.13. The molecule has 0 spiro atoms. The topological polar surface area (TPSA) is 166 Å². The number of amides is 1. The Morgan fingerprint density at radius 3 is 2.64 bits per heavy atom. The summed E-state index contributed by atoms with van der Waals surface area (Å²) in [5, 5.41) is 22.3. The molecule has 1 atom stereocenters. The molecule has 0 fully saturated rings. The Balaban J connectivity index is 1.24. The number of aryl methyl sites for hydroxylation is 2. The highest BCUT2D eigenvalue weighted by atomic mass is 19.1. The normalized spacial score (nSPS) is 16.1. The van der Waals surface area contributed by atoms with Gasteiger partial charge in [0, 0.05) is 23.6 Å². The molecule has 13 heteroatoms. The molecule has 0 radical (unpaired) electrons. The van der Waals surface area contributed by atoms with Gasteiger partial charge in [0.05, 0.1) is 23.3 Å². The van der Waals surface area contributed by atoms with E-state index in [4.69, 9.17) is 15.8 Å². The summed E-state index contributed by atoms with van der Waals surface area (Å²) in [6, 6.07) is 17.9. The van der Waals surface area contributed by atoms with Gasteiger partial charge in [0.15, 0.2) is 11.6 Å². The number of aromatic amines is 1. The lowest BCUT2D eigenvalue weighted by molar-refractivity contribution is -0.119. The zero-order valence-electron chi connectivity index (χ0n) is 22.4. The number of carbonyl (C=O) groups excluding carboxylic acids is 1. The number of fused-ring (bicyclic) bond motifs is 2. The molecule has 5 heterocycles. The summed E-state index contributed by atoms with van der Waals surface area (Å²) < 4.78 is 16.2. The molecule has 0 bridgehead atoms. The van der Waals surface area contributed by atoms with Gasteiger partial charge in [-0.3, -0.25) is 14.5 Å². The number of tetrazole rings is 1. The minimum absolute atomic E-state index is 0.145. The number of rotatable bonds is 7. The van der Waals surface area contributed by atoms with Crippen LogP contribution in [0.2, 0.25) is 0 Å². The molecule has 0 aliphatic carbocycles. The van der Waals surface area contributed by atoms with Crippen molar-refractivity contribution in [3.05, 3.63) is 101 Å². The van der Waals surface area contributed by atoms with E-state index in [2.05, 4.69) is 35.9 Å². The lowest BCUT2D eigenvalue weighted by Gasteiger charge is -2.22. The Bertz CT molecular complexity index is 1950. The lowest BCUT2D eigenvalue weighted by Crippen LogP contribution is -2.34. The number of nitrogens with one attached hydrogen (secondary N) is 2. The monoisotopic (exact) mass is 561 g/mol. The molecule has 4 aromatic heterocycles. The first-order valence-electron chi connectivity index (χ1n) is 13.3. The summed E-state index contributed by atoms with van der Waals surface area (Å²) in [5.41, 5.74) is 9.04. The molecular weight excluding hydrogens is 537 g/mol. The van der Waals surface area contributed by atoms with Crippen LogP contribution in [0.4, 0.5) is 16.0 Å². The third-order valence-corrected chi connectivity index (χ3v) is 7.63. The van der Waals surface area contributed by atoms with E-state index < -0.39 is 5.41 Å². The van der Waals surface area contributed by atoms with Crippen LogP contribution in [0.3, 0.4) is 0 Å². The first-order chi connectivity index (χ1) is 20.4. The van der Waals surface area contributed by atoms with Crippen LogP contribution in [0.25, 0.3) is 22.4 Å². The molecule has 1 aliphatic heterocycles. The van der Waals surface area contributed by atoms with Crippen molar-refractivity contribution in [3.63, 3.8) is 0 Å². The first kappa shape index (κ1) is 25.4. The average Bonchev–Trinajstić information content (AvgIpc) is 3.71. The smallest absolute Gasteiger partial charge is 0.242 e. The van der Waals surface area contributed by atoms with Gasteiger partial charge in [-0.1, -0.05) is 47.7 Å². The molecule has 0 saturated carbocycles. The number of hydrogen-bond acceptors (Lipinski definition) is 9. The number of H-pyrrole nitrogens is 1. The van der Waals surface area contributed by atoms with E-state index in [1.165, 1.54) is 6.07 Å². The van der Waals surface area contributed by atoms with Crippen molar-refractivity contribution in [3.8, 4) is 11.5 Å². The molecule has 208 valence electrons. The Morgan fingerprint density at radius 1 is 1.02 bits per heavy atom. The number of nitrogen functional groups attached to an aromatic ring is 1. The zero-order valence-corrected chi connectivity index (χ0v) is 22.4.